The van der Waals surface area contributed by atoms with Crippen molar-refractivity contribution in [1.29, 1.82) is 0 Å². The first kappa shape index (κ1) is 20.4. The Bertz CT molecular complexity index is 975. The molecule has 2 aromatic rings. The lowest BCUT2D eigenvalue weighted by molar-refractivity contribution is -0.419. The highest BCUT2D eigenvalue weighted by Crippen LogP contribution is 2.16. The Morgan fingerprint density at radius 1 is 1.33 bits per heavy atom. The molecular weight excluding hydrogens is 367 g/mol. The maximum atomic E-state index is 12.3. The van der Waals surface area contributed by atoms with Gasteiger partial charge in [0.05, 0.1) is 10.3 Å². The Balaban J connectivity index is 2.33. The molecular formula is C19H19FN4O2S. The van der Waals surface area contributed by atoms with Crippen molar-refractivity contribution in [2.24, 2.45) is 0 Å². The van der Waals surface area contributed by atoms with Crippen LogP contribution in [0.1, 0.15) is 13.8 Å². The van der Waals surface area contributed by atoms with Gasteiger partial charge in [-0.1, -0.05) is 18.2 Å². The fraction of sp³-hybridized carbons (Fsp3) is 0.211. The van der Waals surface area contributed by atoms with Crippen LogP contribution in [0.25, 0.3) is 23.5 Å². The first-order valence-corrected chi connectivity index (χ1v) is 9.20. The van der Waals surface area contributed by atoms with Gasteiger partial charge in [0, 0.05) is 41.1 Å². The predicted molar refractivity (Wildman–Crippen MR) is 106 cm³/mol. The molecule has 0 aliphatic heterocycles. The van der Waals surface area contributed by atoms with Crippen LogP contribution in [0.3, 0.4) is 0 Å². The first-order chi connectivity index (χ1) is 13.1. The monoisotopic (exact) mass is 386 g/mol. The number of thioether (sulfide) groups is 1. The van der Waals surface area contributed by atoms with Crippen LogP contribution in [0.15, 0.2) is 53.5 Å². The van der Waals surface area contributed by atoms with Gasteiger partial charge in [-0.3, -0.25) is 15.1 Å². The van der Waals surface area contributed by atoms with Gasteiger partial charge in [-0.25, -0.2) is 14.4 Å². The number of rotatable bonds is 7. The summed E-state index contributed by atoms with van der Waals surface area (Å²) < 4.78 is 12.3. The second-order valence-corrected chi connectivity index (χ2v) is 6.23. The molecule has 6 nitrogen and oxygen atoms in total. The quantitative estimate of drug-likeness (QED) is 0.239. The SMILES string of the molecule is C/C=c1/nc(-c2cccnc2)nc(SC/C=C\C(=C/CF)[N+](=O)[O-])/c1=C/C. The third kappa shape index (κ3) is 5.55. The summed E-state index contributed by atoms with van der Waals surface area (Å²) in [5.74, 6) is 1.02. The van der Waals surface area contributed by atoms with Crippen LogP contribution >= 0.6 is 11.8 Å². The molecule has 0 saturated carbocycles. The van der Waals surface area contributed by atoms with Crippen molar-refractivity contribution in [3.8, 4) is 11.4 Å². The number of nitro groups is 1. The molecule has 0 fully saturated rings. The molecule has 0 aromatic carbocycles. The van der Waals surface area contributed by atoms with Gasteiger partial charge in [-0.2, -0.15) is 0 Å². The first-order valence-electron chi connectivity index (χ1n) is 8.21. The minimum atomic E-state index is -0.876. The van der Waals surface area contributed by atoms with Crippen molar-refractivity contribution in [1.82, 2.24) is 15.0 Å². The van der Waals surface area contributed by atoms with Gasteiger partial charge in [-0.15, -0.1) is 11.8 Å². The number of halogens is 1. The standard InChI is InChI=1S/C19H19FN4O2S/c1-3-16-17(4-2)22-18(14-7-5-11-21-13-14)23-19(16)27-12-6-8-15(9-10-20)24(25)26/h3-9,11,13H,10,12H2,1-2H3/b8-6-,15-9+,16-3+,17-4+. The molecule has 0 spiro atoms. The van der Waals surface area contributed by atoms with Gasteiger partial charge in [0.25, 0.3) is 5.70 Å². The molecule has 0 amide bonds. The third-order valence-electron chi connectivity index (χ3n) is 3.52. The van der Waals surface area contributed by atoms with Crippen molar-refractivity contribution in [3.05, 3.63) is 69.1 Å². The van der Waals surface area contributed by atoms with Crippen LogP contribution in [0.5, 0.6) is 0 Å². The Morgan fingerprint density at radius 3 is 2.74 bits per heavy atom. The van der Waals surface area contributed by atoms with Gasteiger partial charge in [0.15, 0.2) is 5.82 Å². The number of pyridine rings is 1. The van der Waals surface area contributed by atoms with Crippen molar-refractivity contribution >= 4 is 23.9 Å². The number of allylic oxidation sites excluding steroid dienone is 2. The molecule has 0 atom stereocenters. The zero-order valence-corrected chi connectivity index (χ0v) is 15.8. The minimum Gasteiger partial charge on any atom is -0.264 e. The molecule has 0 aliphatic rings. The van der Waals surface area contributed by atoms with E-state index in [2.05, 4.69) is 15.0 Å². The van der Waals surface area contributed by atoms with Crippen molar-refractivity contribution < 1.29 is 9.31 Å². The van der Waals surface area contributed by atoms with E-state index in [1.54, 1.807) is 18.5 Å². The largest absolute Gasteiger partial charge is 0.267 e. The van der Waals surface area contributed by atoms with Crippen molar-refractivity contribution in [3.63, 3.8) is 0 Å². The molecule has 2 rings (SSSR count). The number of alkyl halides is 1. The van der Waals surface area contributed by atoms with E-state index in [0.717, 1.165) is 27.2 Å². The molecule has 27 heavy (non-hydrogen) atoms. The lowest BCUT2D eigenvalue weighted by Gasteiger charge is -2.05. The highest BCUT2D eigenvalue weighted by atomic mass is 32.2. The van der Waals surface area contributed by atoms with E-state index in [0.29, 0.717) is 11.6 Å². The molecule has 0 unspecified atom stereocenters. The van der Waals surface area contributed by atoms with E-state index in [1.807, 2.05) is 38.1 Å². The average Bonchev–Trinajstić information content (AvgIpc) is 2.69. The second-order valence-electron chi connectivity index (χ2n) is 5.22. The fourth-order valence-corrected chi connectivity index (χ4v) is 3.15. The normalized spacial score (nSPS) is 13.5. The Labute approximate surface area is 160 Å². The topological polar surface area (TPSA) is 81.8 Å². The summed E-state index contributed by atoms with van der Waals surface area (Å²) in [7, 11) is 0. The Kier molecular flexibility index (Phi) is 7.81. The third-order valence-corrected chi connectivity index (χ3v) is 4.47. The summed E-state index contributed by atoms with van der Waals surface area (Å²) in [5.41, 5.74) is 0.545. The maximum absolute atomic E-state index is 12.3. The average molecular weight is 386 g/mol. The second kappa shape index (κ2) is 10.3. The molecule has 140 valence electrons. The lowest BCUT2D eigenvalue weighted by Crippen LogP contribution is -2.31. The zero-order chi connectivity index (χ0) is 19.6. The molecule has 2 aromatic heterocycles. The zero-order valence-electron chi connectivity index (χ0n) is 15.0. The summed E-state index contributed by atoms with van der Waals surface area (Å²) in [6, 6.07) is 3.70. The van der Waals surface area contributed by atoms with Gasteiger partial charge in [-0.05, 0) is 26.0 Å². The van der Waals surface area contributed by atoms with Gasteiger partial charge < -0.3 is 0 Å². The van der Waals surface area contributed by atoms with Gasteiger partial charge in [0.1, 0.15) is 11.7 Å². The highest BCUT2D eigenvalue weighted by molar-refractivity contribution is 7.99. The maximum Gasteiger partial charge on any atom is 0.267 e. The van der Waals surface area contributed by atoms with E-state index >= 15 is 0 Å². The van der Waals surface area contributed by atoms with Crippen LogP contribution in [0.2, 0.25) is 0 Å². The van der Waals surface area contributed by atoms with Gasteiger partial charge >= 0.3 is 0 Å². The van der Waals surface area contributed by atoms with Crippen LogP contribution in [0.4, 0.5) is 4.39 Å². The molecule has 0 aliphatic carbocycles. The minimum absolute atomic E-state index is 0.262. The molecule has 0 bridgehead atoms. The number of hydrogen-bond donors (Lipinski definition) is 0. The number of hydrogen-bond acceptors (Lipinski definition) is 6. The predicted octanol–water partition coefficient (Wildman–Crippen LogP) is 2.92. The molecule has 0 saturated heterocycles. The fourth-order valence-electron chi connectivity index (χ4n) is 2.27. The van der Waals surface area contributed by atoms with E-state index in [-0.39, 0.29) is 5.70 Å². The number of aromatic nitrogens is 3. The van der Waals surface area contributed by atoms with Crippen LogP contribution in [-0.2, 0) is 0 Å². The number of nitrogens with zero attached hydrogens (tertiary/aromatic N) is 4. The Hall–Kier alpha value is -2.87. The van der Waals surface area contributed by atoms with Crippen molar-refractivity contribution in [2.45, 2.75) is 18.9 Å². The van der Waals surface area contributed by atoms with Gasteiger partial charge in [0.2, 0.25) is 0 Å². The molecule has 0 N–H and O–H groups in total. The van der Waals surface area contributed by atoms with Crippen LogP contribution in [0, 0.1) is 10.1 Å². The van der Waals surface area contributed by atoms with E-state index in [9.17, 15) is 14.5 Å². The van der Waals surface area contributed by atoms with E-state index in [1.165, 1.54) is 17.8 Å². The summed E-state index contributed by atoms with van der Waals surface area (Å²) in [6.07, 6.45) is 11.1. The van der Waals surface area contributed by atoms with Crippen molar-refractivity contribution in [2.75, 3.05) is 12.4 Å². The molecule has 8 heteroatoms. The van der Waals surface area contributed by atoms with E-state index in [4.69, 9.17) is 0 Å². The lowest BCUT2D eigenvalue weighted by atomic mass is 10.2. The highest BCUT2D eigenvalue weighted by Gasteiger charge is 2.08. The summed E-state index contributed by atoms with van der Waals surface area (Å²) >= 11 is 1.43. The van der Waals surface area contributed by atoms with Crippen LogP contribution < -0.4 is 10.6 Å². The smallest absolute Gasteiger partial charge is 0.264 e. The van der Waals surface area contributed by atoms with E-state index < -0.39 is 11.6 Å². The molecule has 2 heterocycles. The summed E-state index contributed by atoms with van der Waals surface area (Å²) in [5, 5.41) is 13.3. The Morgan fingerprint density at radius 2 is 2.15 bits per heavy atom. The van der Waals surface area contributed by atoms with Crippen LogP contribution in [-0.4, -0.2) is 32.3 Å². The summed E-state index contributed by atoms with van der Waals surface area (Å²) in [4.78, 5) is 23.5. The summed E-state index contributed by atoms with van der Waals surface area (Å²) in [6.45, 7) is 2.94. The molecule has 0 radical (unpaired) electrons.